The molecule has 3 heterocycles. The van der Waals surface area contributed by atoms with E-state index in [1.807, 2.05) is 12.1 Å². The molecular formula is C20H14N4O4S2. The standard InChI is InChI=1S/C20H14N4O4S2/c25-19-10-20(29(26)22-19)23-12-14(11-21-23)17-13-24(18-9-5-4-8-16(17)18)30(27,28)15-6-2-1-3-7-15/h1-13H,(H,22,25). The van der Waals surface area contributed by atoms with E-state index in [9.17, 15) is 17.4 Å². The van der Waals surface area contributed by atoms with Crippen LogP contribution in [0.3, 0.4) is 0 Å². The van der Waals surface area contributed by atoms with Crippen molar-refractivity contribution in [3.63, 3.8) is 0 Å². The lowest BCUT2D eigenvalue weighted by Gasteiger charge is -2.07. The molecule has 0 spiro atoms. The molecule has 1 amide bonds. The molecule has 0 aliphatic carbocycles. The second kappa shape index (κ2) is 6.78. The maximum atomic E-state index is 13.2. The summed E-state index contributed by atoms with van der Waals surface area (Å²) in [6.07, 6.45) is 5.93. The predicted octanol–water partition coefficient (Wildman–Crippen LogP) is 2.33. The minimum absolute atomic E-state index is 0.184. The van der Waals surface area contributed by atoms with Crippen LogP contribution in [0.25, 0.3) is 27.1 Å². The van der Waals surface area contributed by atoms with Crippen LogP contribution in [-0.2, 0) is 25.8 Å². The van der Waals surface area contributed by atoms with E-state index >= 15 is 0 Å². The molecule has 1 unspecified atom stereocenters. The third-order valence-corrected chi connectivity index (χ3v) is 7.49. The summed E-state index contributed by atoms with van der Waals surface area (Å²) in [4.78, 5) is 11.6. The average molecular weight is 438 g/mol. The van der Waals surface area contributed by atoms with Crippen LogP contribution in [0.15, 0.2) is 84.2 Å². The first kappa shape index (κ1) is 18.5. The molecule has 1 atom stereocenters. The van der Waals surface area contributed by atoms with E-state index in [0.717, 1.165) is 5.39 Å². The van der Waals surface area contributed by atoms with Gasteiger partial charge in [-0.2, -0.15) is 5.10 Å². The highest BCUT2D eigenvalue weighted by atomic mass is 32.2. The fourth-order valence-electron chi connectivity index (χ4n) is 3.36. The number of nitrogens with zero attached hydrogens (tertiary/aromatic N) is 3. The van der Waals surface area contributed by atoms with Crippen LogP contribution in [0.2, 0.25) is 0 Å². The summed E-state index contributed by atoms with van der Waals surface area (Å²) in [5, 5.41) is 5.14. The first-order valence-corrected chi connectivity index (χ1v) is 11.4. The molecule has 150 valence electrons. The number of hydrogen-bond acceptors (Lipinski definition) is 5. The zero-order chi connectivity index (χ0) is 20.9. The van der Waals surface area contributed by atoms with Crippen molar-refractivity contribution in [3.05, 3.63) is 79.3 Å². The molecule has 1 N–H and O–H groups in total. The number of benzene rings is 2. The second-order valence-corrected chi connectivity index (χ2v) is 9.54. The van der Waals surface area contributed by atoms with Crippen molar-refractivity contribution >= 4 is 42.8 Å². The van der Waals surface area contributed by atoms with Crippen molar-refractivity contribution in [1.29, 1.82) is 0 Å². The number of carbonyl (C=O) groups excluding carboxylic acids is 1. The Morgan fingerprint density at radius 3 is 2.43 bits per heavy atom. The summed E-state index contributed by atoms with van der Waals surface area (Å²) >= 11 is 0. The SMILES string of the molecule is O=C1C=C(n2cc(-c3cn(S(=O)(=O)c4ccccc4)c4ccccc34)cn2)S(=O)N1. The zero-order valence-electron chi connectivity index (χ0n) is 15.3. The lowest BCUT2D eigenvalue weighted by atomic mass is 10.1. The van der Waals surface area contributed by atoms with Gasteiger partial charge in [0.15, 0.2) is 16.0 Å². The van der Waals surface area contributed by atoms with Gasteiger partial charge in [0.1, 0.15) is 0 Å². The summed E-state index contributed by atoms with van der Waals surface area (Å²) in [6, 6.07) is 15.4. The lowest BCUT2D eigenvalue weighted by Crippen LogP contribution is -2.17. The Morgan fingerprint density at radius 1 is 0.967 bits per heavy atom. The summed E-state index contributed by atoms with van der Waals surface area (Å²) in [7, 11) is -5.49. The molecular weight excluding hydrogens is 424 g/mol. The molecule has 30 heavy (non-hydrogen) atoms. The molecule has 0 radical (unpaired) electrons. The average Bonchev–Trinajstić information content (AvgIpc) is 3.45. The Labute approximate surface area is 174 Å². The van der Waals surface area contributed by atoms with E-state index in [1.54, 1.807) is 61.1 Å². The first-order chi connectivity index (χ1) is 14.4. The number of aromatic nitrogens is 3. The van der Waals surface area contributed by atoms with Crippen LogP contribution in [-0.4, -0.2) is 32.3 Å². The van der Waals surface area contributed by atoms with Crippen molar-refractivity contribution in [1.82, 2.24) is 18.5 Å². The monoisotopic (exact) mass is 438 g/mol. The van der Waals surface area contributed by atoms with Gasteiger partial charge in [-0.25, -0.2) is 21.3 Å². The zero-order valence-corrected chi connectivity index (χ0v) is 16.9. The lowest BCUT2D eigenvalue weighted by molar-refractivity contribution is -0.114. The molecule has 1 aliphatic rings. The molecule has 1 aliphatic heterocycles. The molecule has 2 aromatic carbocycles. The number of para-hydroxylation sites is 1. The van der Waals surface area contributed by atoms with Gasteiger partial charge >= 0.3 is 0 Å². The van der Waals surface area contributed by atoms with Crippen molar-refractivity contribution in [2.45, 2.75) is 4.90 Å². The number of rotatable bonds is 4. The van der Waals surface area contributed by atoms with E-state index in [1.165, 1.54) is 14.7 Å². The van der Waals surface area contributed by atoms with Crippen LogP contribution in [0.5, 0.6) is 0 Å². The molecule has 5 rings (SSSR count). The summed E-state index contributed by atoms with van der Waals surface area (Å²) in [5.74, 6) is -0.453. The van der Waals surface area contributed by atoms with E-state index in [0.29, 0.717) is 16.6 Å². The van der Waals surface area contributed by atoms with Gasteiger partial charge in [-0.05, 0) is 18.2 Å². The summed E-state index contributed by atoms with van der Waals surface area (Å²) in [5.41, 5.74) is 1.81. The van der Waals surface area contributed by atoms with E-state index < -0.39 is 26.9 Å². The predicted molar refractivity (Wildman–Crippen MR) is 113 cm³/mol. The van der Waals surface area contributed by atoms with Crippen molar-refractivity contribution in [3.8, 4) is 11.1 Å². The Balaban J connectivity index is 1.67. The molecule has 2 aromatic heterocycles. The maximum absolute atomic E-state index is 13.2. The molecule has 0 fully saturated rings. The third kappa shape index (κ3) is 2.88. The van der Waals surface area contributed by atoms with Crippen LogP contribution in [0.4, 0.5) is 0 Å². The van der Waals surface area contributed by atoms with Crippen molar-refractivity contribution in [2.75, 3.05) is 0 Å². The minimum Gasteiger partial charge on any atom is -0.269 e. The Kier molecular flexibility index (Phi) is 4.19. The van der Waals surface area contributed by atoms with E-state index in [-0.39, 0.29) is 9.92 Å². The van der Waals surface area contributed by atoms with Crippen LogP contribution < -0.4 is 4.72 Å². The first-order valence-electron chi connectivity index (χ1n) is 8.85. The fourth-order valence-corrected chi connectivity index (χ4v) is 5.58. The van der Waals surface area contributed by atoms with Crippen molar-refractivity contribution in [2.24, 2.45) is 0 Å². The minimum atomic E-state index is -3.80. The Bertz CT molecular complexity index is 1470. The third-order valence-electron chi connectivity index (χ3n) is 4.74. The molecule has 0 saturated carbocycles. The number of nitrogens with one attached hydrogen (secondary N) is 1. The van der Waals surface area contributed by atoms with Gasteiger partial charge in [-0.15, -0.1) is 0 Å². The number of carbonyl (C=O) groups is 1. The maximum Gasteiger partial charge on any atom is 0.268 e. The van der Waals surface area contributed by atoms with Gasteiger partial charge in [-0.1, -0.05) is 36.4 Å². The molecule has 4 aromatic rings. The largest absolute Gasteiger partial charge is 0.269 e. The molecule has 0 saturated heterocycles. The molecule has 8 nitrogen and oxygen atoms in total. The van der Waals surface area contributed by atoms with Gasteiger partial charge in [0.05, 0.1) is 16.6 Å². The second-order valence-electron chi connectivity index (χ2n) is 6.57. The molecule has 0 bridgehead atoms. The van der Waals surface area contributed by atoms with Gasteiger partial charge in [0, 0.05) is 35.0 Å². The summed E-state index contributed by atoms with van der Waals surface area (Å²) < 4.78 is 43.4. The van der Waals surface area contributed by atoms with E-state index in [2.05, 4.69) is 9.82 Å². The van der Waals surface area contributed by atoms with Crippen molar-refractivity contribution < 1.29 is 17.4 Å². The molecule has 10 heteroatoms. The Morgan fingerprint density at radius 2 is 1.70 bits per heavy atom. The fraction of sp³-hybridized carbons (Fsp3) is 0. The smallest absolute Gasteiger partial charge is 0.268 e. The topological polar surface area (TPSA) is 103 Å². The summed E-state index contributed by atoms with van der Waals surface area (Å²) in [6.45, 7) is 0. The highest BCUT2D eigenvalue weighted by molar-refractivity contribution is 7.93. The Hall–Kier alpha value is -3.50. The van der Waals surface area contributed by atoms with Crippen LogP contribution in [0, 0.1) is 0 Å². The van der Waals surface area contributed by atoms with Gasteiger partial charge in [-0.3, -0.25) is 9.52 Å². The number of amides is 1. The van der Waals surface area contributed by atoms with Crippen LogP contribution >= 0.6 is 0 Å². The highest BCUT2D eigenvalue weighted by Crippen LogP contribution is 2.33. The number of fused-ring (bicyclic) bond motifs is 1. The van der Waals surface area contributed by atoms with Crippen LogP contribution in [0.1, 0.15) is 0 Å². The number of hydrogen-bond donors (Lipinski definition) is 1. The quantitative estimate of drug-likeness (QED) is 0.527. The van der Waals surface area contributed by atoms with E-state index in [4.69, 9.17) is 0 Å². The van der Waals surface area contributed by atoms with Gasteiger partial charge in [0.2, 0.25) is 0 Å². The van der Waals surface area contributed by atoms with Gasteiger partial charge in [0.25, 0.3) is 15.9 Å². The highest BCUT2D eigenvalue weighted by Gasteiger charge is 2.24. The van der Waals surface area contributed by atoms with Gasteiger partial charge < -0.3 is 0 Å². The normalized spacial score (nSPS) is 16.6.